The van der Waals surface area contributed by atoms with Crippen LogP contribution in [0.15, 0.2) is 158 Å². The van der Waals surface area contributed by atoms with Gasteiger partial charge in [0.15, 0.2) is 0 Å². The Balaban J connectivity index is 1.24. The van der Waals surface area contributed by atoms with E-state index in [0.29, 0.717) is 33.6 Å². The second-order valence-electron chi connectivity index (χ2n) is 13.2. The summed E-state index contributed by atoms with van der Waals surface area (Å²) in [5.74, 6) is -0.891. The summed E-state index contributed by atoms with van der Waals surface area (Å²) in [4.78, 5) is 30.4. The number of aryl methyl sites for hydroxylation is 1. The molecule has 0 spiro atoms. The largest absolute Gasteiger partial charge is 0.416 e. The highest BCUT2D eigenvalue weighted by Crippen LogP contribution is 2.44. The van der Waals surface area contributed by atoms with E-state index in [4.69, 9.17) is 0 Å². The van der Waals surface area contributed by atoms with E-state index in [1.165, 1.54) is 11.0 Å². The van der Waals surface area contributed by atoms with E-state index in [2.05, 4.69) is 0 Å². The van der Waals surface area contributed by atoms with Crippen LogP contribution < -0.4 is 4.90 Å². The number of fused-ring (bicyclic) bond motifs is 4. The molecule has 0 aliphatic carbocycles. The number of amides is 2. The van der Waals surface area contributed by atoms with Gasteiger partial charge in [0.25, 0.3) is 11.8 Å². The van der Waals surface area contributed by atoms with Gasteiger partial charge in [-0.3, -0.25) is 9.59 Å². The summed E-state index contributed by atoms with van der Waals surface area (Å²) in [5.41, 5.74) is 7.35. The predicted octanol–water partition coefficient (Wildman–Crippen LogP) is 11.9. The van der Waals surface area contributed by atoms with Crippen molar-refractivity contribution >= 4 is 39.3 Å². The molecular weight excluding hydrogens is 670 g/mol. The molecule has 0 radical (unpaired) electrons. The van der Waals surface area contributed by atoms with Crippen molar-refractivity contribution in [2.45, 2.75) is 13.1 Å². The molecule has 9 rings (SSSR count). The number of hydrogen-bond acceptors (Lipinski definition) is 2. The molecule has 7 aromatic carbocycles. The lowest BCUT2D eigenvalue weighted by Crippen LogP contribution is -2.30. The molecule has 1 aliphatic heterocycles. The van der Waals surface area contributed by atoms with Crippen LogP contribution in [0, 0.1) is 6.92 Å². The molecule has 0 fully saturated rings. The Hall–Kier alpha value is -6.73. The van der Waals surface area contributed by atoms with Crippen LogP contribution in [0.2, 0.25) is 0 Å². The van der Waals surface area contributed by atoms with Gasteiger partial charge in [-0.1, -0.05) is 109 Å². The number of carbonyl (C=O) groups excluding carboxylic acids is 2. The summed E-state index contributed by atoms with van der Waals surface area (Å²) in [6, 6.07) is 47.9. The van der Waals surface area contributed by atoms with E-state index < -0.39 is 23.6 Å². The lowest BCUT2D eigenvalue weighted by molar-refractivity contribution is -0.137. The summed E-state index contributed by atoms with van der Waals surface area (Å²) < 4.78 is 43.8. The number of nitrogens with zero attached hydrogens (tertiary/aromatic N) is 2. The van der Waals surface area contributed by atoms with Crippen LogP contribution in [0.25, 0.3) is 60.9 Å². The molecule has 1 aromatic heterocycles. The molecule has 256 valence electrons. The minimum Gasteiger partial charge on any atom is -0.308 e. The Kier molecular flexibility index (Phi) is 7.41. The van der Waals surface area contributed by atoms with E-state index >= 15 is 0 Å². The van der Waals surface area contributed by atoms with Crippen molar-refractivity contribution in [3.05, 3.63) is 180 Å². The number of hydrogen-bond donors (Lipinski definition) is 0. The van der Waals surface area contributed by atoms with Gasteiger partial charge in [0, 0.05) is 16.3 Å². The molecular formula is C46H29F3N2O2. The standard InChI is InChI=1S/C46H29F3N2O2/c1-28-24-32(26-33(25-28)46(47,48)49)34-17-10-20-40-42(34)35-16-8-9-19-38(35)50(40)41-21-11-18-36-43(41)45(53)51(44(36)52)39-23-22-31(29-12-4-2-5-13-29)27-37(39)30-14-6-3-7-15-30/h2-27H,1H3. The maximum atomic E-state index is 14.8. The van der Waals surface area contributed by atoms with Crippen LogP contribution in [0.3, 0.4) is 0 Å². The van der Waals surface area contributed by atoms with E-state index in [-0.39, 0.29) is 11.1 Å². The normalized spacial score (nSPS) is 12.9. The Morgan fingerprint density at radius 1 is 0.491 bits per heavy atom. The number of anilines is 1. The van der Waals surface area contributed by atoms with Gasteiger partial charge in [0.2, 0.25) is 0 Å². The van der Waals surface area contributed by atoms with Gasteiger partial charge in [-0.15, -0.1) is 0 Å². The molecule has 0 saturated heterocycles. The van der Waals surface area contributed by atoms with Crippen molar-refractivity contribution < 1.29 is 22.8 Å². The average molecular weight is 699 g/mol. The zero-order chi connectivity index (χ0) is 36.4. The van der Waals surface area contributed by atoms with Gasteiger partial charge >= 0.3 is 6.18 Å². The van der Waals surface area contributed by atoms with Crippen molar-refractivity contribution in [2.24, 2.45) is 0 Å². The summed E-state index contributed by atoms with van der Waals surface area (Å²) in [6.07, 6.45) is -4.51. The highest BCUT2D eigenvalue weighted by Gasteiger charge is 2.40. The van der Waals surface area contributed by atoms with Gasteiger partial charge in [-0.05, 0) is 88.8 Å². The first-order valence-electron chi connectivity index (χ1n) is 17.2. The van der Waals surface area contributed by atoms with E-state index in [1.807, 2.05) is 132 Å². The van der Waals surface area contributed by atoms with Crippen molar-refractivity contribution in [2.75, 3.05) is 4.90 Å². The molecule has 7 heteroatoms. The fourth-order valence-electron chi connectivity index (χ4n) is 7.68. The lowest BCUT2D eigenvalue weighted by Gasteiger charge is -2.20. The third kappa shape index (κ3) is 5.23. The molecule has 2 heterocycles. The number of alkyl halides is 3. The Morgan fingerprint density at radius 2 is 1.15 bits per heavy atom. The molecule has 1 aliphatic rings. The average Bonchev–Trinajstić information content (AvgIpc) is 3.65. The van der Waals surface area contributed by atoms with Gasteiger partial charge < -0.3 is 4.57 Å². The molecule has 0 atom stereocenters. The van der Waals surface area contributed by atoms with E-state index in [9.17, 15) is 22.8 Å². The monoisotopic (exact) mass is 698 g/mol. The number of rotatable bonds is 5. The minimum absolute atomic E-state index is 0.256. The van der Waals surface area contributed by atoms with Crippen LogP contribution in [-0.2, 0) is 6.18 Å². The first-order chi connectivity index (χ1) is 25.7. The Morgan fingerprint density at radius 3 is 1.91 bits per heavy atom. The van der Waals surface area contributed by atoms with Crippen molar-refractivity contribution in [3.63, 3.8) is 0 Å². The van der Waals surface area contributed by atoms with Crippen LogP contribution in [0.1, 0.15) is 31.8 Å². The Bertz CT molecular complexity index is 2770. The summed E-state index contributed by atoms with van der Waals surface area (Å²) >= 11 is 0. The van der Waals surface area contributed by atoms with Gasteiger partial charge in [0.05, 0.1) is 39.1 Å². The fourth-order valence-corrected chi connectivity index (χ4v) is 7.68. The van der Waals surface area contributed by atoms with E-state index in [0.717, 1.165) is 44.6 Å². The van der Waals surface area contributed by atoms with Crippen LogP contribution >= 0.6 is 0 Å². The third-order valence-electron chi connectivity index (χ3n) is 9.98. The van der Waals surface area contributed by atoms with Gasteiger partial charge in [-0.25, -0.2) is 4.90 Å². The maximum Gasteiger partial charge on any atom is 0.416 e. The third-order valence-corrected chi connectivity index (χ3v) is 9.98. The number of benzene rings is 7. The zero-order valence-electron chi connectivity index (χ0n) is 28.4. The quantitative estimate of drug-likeness (QED) is 0.168. The first-order valence-corrected chi connectivity index (χ1v) is 17.2. The zero-order valence-corrected chi connectivity index (χ0v) is 28.4. The molecule has 4 nitrogen and oxygen atoms in total. The predicted molar refractivity (Wildman–Crippen MR) is 204 cm³/mol. The summed E-state index contributed by atoms with van der Waals surface area (Å²) in [5, 5.41) is 1.55. The van der Waals surface area contributed by atoms with Gasteiger partial charge in [0.1, 0.15) is 0 Å². The molecule has 0 bridgehead atoms. The van der Waals surface area contributed by atoms with Crippen LogP contribution in [0.5, 0.6) is 0 Å². The van der Waals surface area contributed by atoms with Crippen molar-refractivity contribution in [1.29, 1.82) is 0 Å². The van der Waals surface area contributed by atoms with Crippen molar-refractivity contribution in [1.82, 2.24) is 4.57 Å². The maximum absolute atomic E-state index is 14.8. The molecule has 2 amide bonds. The number of carbonyl (C=O) groups is 2. The second kappa shape index (κ2) is 12.2. The molecule has 0 N–H and O–H groups in total. The molecule has 0 saturated carbocycles. The van der Waals surface area contributed by atoms with E-state index in [1.54, 1.807) is 25.1 Å². The number of imide groups is 1. The topological polar surface area (TPSA) is 42.3 Å². The van der Waals surface area contributed by atoms with Gasteiger partial charge in [-0.2, -0.15) is 13.2 Å². The van der Waals surface area contributed by atoms with Crippen LogP contribution in [-0.4, -0.2) is 16.4 Å². The fraction of sp³-hybridized carbons (Fsp3) is 0.0435. The molecule has 0 unspecified atom stereocenters. The first kappa shape index (κ1) is 32.2. The van der Waals surface area contributed by atoms with Crippen molar-refractivity contribution in [3.8, 4) is 39.1 Å². The van der Waals surface area contributed by atoms with Crippen LogP contribution in [0.4, 0.5) is 18.9 Å². The number of para-hydroxylation sites is 1. The summed E-state index contributed by atoms with van der Waals surface area (Å²) in [7, 11) is 0. The highest BCUT2D eigenvalue weighted by atomic mass is 19.4. The number of aromatic nitrogens is 1. The smallest absolute Gasteiger partial charge is 0.308 e. The number of halogens is 3. The Labute approximate surface area is 303 Å². The molecule has 53 heavy (non-hydrogen) atoms. The minimum atomic E-state index is -4.51. The molecule has 8 aromatic rings. The lowest BCUT2D eigenvalue weighted by atomic mass is 9.96. The SMILES string of the molecule is Cc1cc(-c2cccc3c2c2ccccc2n3-c2cccc3c2C(=O)N(c2ccc(-c4ccccc4)cc2-c2ccccc2)C3=O)cc(C(F)(F)F)c1. The highest BCUT2D eigenvalue weighted by molar-refractivity contribution is 6.36. The second-order valence-corrected chi connectivity index (χ2v) is 13.2. The summed E-state index contributed by atoms with van der Waals surface area (Å²) in [6.45, 7) is 1.65.